The van der Waals surface area contributed by atoms with Gasteiger partial charge in [-0.2, -0.15) is 0 Å². The standard InChI is InChI=1S/C11H23N/c1-9(2)5-4-6-12-8-11-7-10(11)3/h9-12H,4-8H2,1-3H3. The molecule has 1 aliphatic rings. The third-order valence-electron chi connectivity index (χ3n) is 2.82. The molecule has 1 saturated carbocycles. The van der Waals surface area contributed by atoms with Crippen LogP contribution in [0.15, 0.2) is 0 Å². The lowest BCUT2D eigenvalue weighted by atomic mass is 10.1. The molecule has 1 heteroatoms. The molecule has 2 unspecified atom stereocenters. The number of nitrogens with one attached hydrogen (secondary N) is 1. The van der Waals surface area contributed by atoms with Crippen molar-refractivity contribution in [2.45, 2.75) is 40.0 Å². The second-order valence-corrected chi connectivity index (χ2v) is 4.71. The van der Waals surface area contributed by atoms with Gasteiger partial charge in [0.25, 0.3) is 0 Å². The first-order valence-corrected chi connectivity index (χ1v) is 5.41. The van der Waals surface area contributed by atoms with Gasteiger partial charge in [-0.1, -0.05) is 20.8 Å². The molecule has 1 N–H and O–H groups in total. The molecule has 0 aromatic rings. The summed E-state index contributed by atoms with van der Waals surface area (Å²) in [4.78, 5) is 0. The van der Waals surface area contributed by atoms with Crippen molar-refractivity contribution in [3.63, 3.8) is 0 Å². The largest absolute Gasteiger partial charge is 0.316 e. The van der Waals surface area contributed by atoms with Gasteiger partial charge >= 0.3 is 0 Å². The van der Waals surface area contributed by atoms with Crippen LogP contribution in [0.2, 0.25) is 0 Å². The fraction of sp³-hybridized carbons (Fsp3) is 1.00. The first-order valence-electron chi connectivity index (χ1n) is 5.41. The lowest BCUT2D eigenvalue weighted by molar-refractivity contribution is 0.516. The van der Waals surface area contributed by atoms with Crippen molar-refractivity contribution < 1.29 is 0 Å². The van der Waals surface area contributed by atoms with Crippen LogP contribution in [0.25, 0.3) is 0 Å². The first kappa shape index (κ1) is 10.0. The van der Waals surface area contributed by atoms with Crippen LogP contribution in [0.5, 0.6) is 0 Å². The quantitative estimate of drug-likeness (QED) is 0.603. The highest BCUT2D eigenvalue weighted by Crippen LogP contribution is 2.36. The lowest BCUT2D eigenvalue weighted by Gasteiger charge is -2.05. The molecule has 0 aromatic carbocycles. The third kappa shape index (κ3) is 4.10. The summed E-state index contributed by atoms with van der Waals surface area (Å²) in [6.45, 7) is 9.42. The highest BCUT2D eigenvalue weighted by Gasteiger charge is 2.31. The molecular weight excluding hydrogens is 146 g/mol. The van der Waals surface area contributed by atoms with Gasteiger partial charge in [-0.3, -0.25) is 0 Å². The summed E-state index contributed by atoms with van der Waals surface area (Å²) in [5.41, 5.74) is 0. The third-order valence-corrected chi connectivity index (χ3v) is 2.82. The van der Waals surface area contributed by atoms with Crippen molar-refractivity contribution in [2.75, 3.05) is 13.1 Å². The summed E-state index contributed by atoms with van der Waals surface area (Å²) in [5, 5.41) is 3.53. The molecule has 0 radical (unpaired) electrons. The van der Waals surface area contributed by atoms with Crippen molar-refractivity contribution in [1.82, 2.24) is 5.32 Å². The fourth-order valence-corrected chi connectivity index (χ4v) is 1.61. The molecule has 0 aliphatic heterocycles. The maximum Gasteiger partial charge on any atom is -0.00179 e. The highest BCUT2D eigenvalue weighted by molar-refractivity contribution is 4.83. The Kier molecular flexibility index (Phi) is 4.07. The molecule has 1 fully saturated rings. The number of hydrogen-bond acceptors (Lipinski definition) is 1. The minimum Gasteiger partial charge on any atom is -0.316 e. The van der Waals surface area contributed by atoms with E-state index in [2.05, 4.69) is 26.1 Å². The second kappa shape index (κ2) is 4.86. The average Bonchev–Trinajstić information content (AvgIpc) is 2.65. The molecule has 0 bridgehead atoms. The van der Waals surface area contributed by atoms with Crippen LogP contribution in [0.1, 0.15) is 40.0 Å². The van der Waals surface area contributed by atoms with Gasteiger partial charge in [0.15, 0.2) is 0 Å². The molecule has 72 valence electrons. The van der Waals surface area contributed by atoms with Gasteiger partial charge in [-0.05, 0) is 50.1 Å². The number of rotatable bonds is 6. The first-order chi connectivity index (χ1) is 5.70. The predicted octanol–water partition coefficient (Wildman–Crippen LogP) is 2.67. The van der Waals surface area contributed by atoms with Crippen LogP contribution in [0.3, 0.4) is 0 Å². The van der Waals surface area contributed by atoms with Gasteiger partial charge in [0.05, 0.1) is 0 Å². The van der Waals surface area contributed by atoms with E-state index < -0.39 is 0 Å². The van der Waals surface area contributed by atoms with Crippen molar-refractivity contribution >= 4 is 0 Å². The van der Waals surface area contributed by atoms with Gasteiger partial charge in [-0.25, -0.2) is 0 Å². The minimum absolute atomic E-state index is 0.867. The molecule has 0 aromatic heterocycles. The molecule has 2 atom stereocenters. The van der Waals surface area contributed by atoms with E-state index in [9.17, 15) is 0 Å². The van der Waals surface area contributed by atoms with Gasteiger partial charge in [0.1, 0.15) is 0 Å². The normalized spacial score (nSPS) is 28.0. The van der Waals surface area contributed by atoms with Gasteiger partial charge in [0, 0.05) is 0 Å². The molecule has 12 heavy (non-hydrogen) atoms. The molecule has 0 spiro atoms. The molecule has 0 saturated heterocycles. The van der Waals surface area contributed by atoms with E-state index in [1.807, 2.05) is 0 Å². The topological polar surface area (TPSA) is 12.0 Å². The monoisotopic (exact) mass is 169 g/mol. The lowest BCUT2D eigenvalue weighted by Crippen LogP contribution is -2.18. The molecule has 0 heterocycles. The summed E-state index contributed by atoms with van der Waals surface area (Å²) in [6.07, 6.45) is 4.17. The van der Waals surface area contributed by atoms with Crippen LogP contribution in [0, 0.1) is 17.8 Å². The Labute approximate surface area is 76.9 Å². The summed E-state index contributed by atoms with van der Waals surface area (Å²) < 4.78 is 0. The van der Waals surface area contributed by atoms with Gasteiger partial charge in [-0.15, -0.1) is 0 Å². The Balaban J connectivity index is 1.77. The zero-order valence-corrected chi connectivity index (χ0v) is 8.77. The molecule has 1 aliphatic carbocycles. The van der Waals surface area contributed by atoms with Gasteiger partial charge in [0.2, 0.25) is 0 Å². The summed E-state index contributed by atoms with van der Waals surface area (Å²) in [7, 11) is 0. The van der Waals surface area contributed by atoms with Crippen LogP contribution in [-0.2, 0) is 0 Å². The Morgan fingerprint density at radius 1 is 1.42 bits per heavy atom. The van der Waals surface area contributed by atoms with Crippen LogP contribution < -0.4 is 5.32 Å². The van der Waals surface area contributed by atoms with E-state index in [0.29, 0.717) is 0 Å². The molecule has 0 amide bonds. The van der Waals surface area contributed by atoms with E-state index in [4.69, 9.17) is 0 Å². The molecule has 1 rings (SSSR count). The zero-order chi connectivity index (χ0) is 8.97. The summed E-state index contributed by atoms with van der Waals surface area (Å²) in [5.74, 6) is 2.87. The Morgan fingerprint density at radius 2 is 2.08 bits per heavy atom. The Morgan fingerprint density at radius 3 is 2.58 bits per heavy atom. The summed E-state index contributed by atoms with van der Waals surface area (Å²) >= 11 is 0. The van der Waals surface area contributed by atoms with E-state index in [1.54, 1.807) is 0 Å². The molecular formula is C11H23N. The minimum atomic E-state index is 0.867. The van der Waals surface area contributed by atoms with Crippen molar-refractivity contribution in [3.8, 4) is 0 Å². The molecule has 1 nitrogen and oxygen atoms in total. The van der Waals surface area contributed by atoms with Crippen LogP contribution in [0.4, 0.5) is 0 Å². The Bertz CT molecular complexity index is 120. The number of hydrogen-bond donors (Lipinski definition) is 1. The SMILES string of the molecule is CC(C)CCCNCC1CC1C. The van der Waals surface area contributed by atoms with Crippen molar-refractivity contribution in [3.05, 3.63) is 0 Å². The zero-order valence-electron chi connectivity index (χ0n) is 8.77. The van der Waals surface area contributed by atoms with E-state index in [-0.39, 0.29) is 0 Å². The van der Waals surface area contributed by atoms with E-state index >= 15 is 0 Å². The smallest absolute Gasteiger partial charge is 0.00179 e. The maximum atomic E-state index is 3.53. The van der Waals surface area contributed by atoms with Gasteiger partial charge < -0.3 is 5.32 Å². The fourth-order valence-electron chi connectivity index (χ4n) is 1.61. The van der Waals surface area contributed by atoms with Crippen molar-refractivity contribution in [2.24, 2.45) is 17.8 Å². The van der Waals surface area contributed by atoms with E-state index in [0.717, 1.165) is 17.8 Å². The maximum absolute atomic E-state index is 3.53. The second-order valence-electron chi connectivity index (χ2n) is 4.71. The van der Waals surface area contributed by atoms with E-state index in [1.165, 1.54) is 32.4 Å². The van der Waals surface area contributed by atoms with Crippen LogP contribution in [-0.4, -0.2) is 13.1 Å². The summed E-state index contributed by atoms with van der Waals surface area (Å²) in [6, 6.07) is 0. The predicted molar refractivity (Wildman–Crippen MR) is 54.2 cm³/mol. The Hall–Kier alpha value is -0.0400. The van der Waals surface area contributed by atoms with Crippen molar-refractivity contribution in [1.29, 1.82) is 0 Å². The average molecular weight is 169 g/mol. The van der Waals surface area contributed by atoms with Crippen LogP contribution >= 0.6 is 0 Å². The highest BCUT2D eigenvalue weighted by atomic mass is 14.9.